The van der Waals surface area contributed by atoms with E-state index in [1.165, 1.54) is 36.3 Å². The summed E-state index contributed by atoms with van der Waals surface area (Å²) in [6.07, 6.45) is 4.14. The van der Waals surface area contributed by atoms with E-state index in [9.17, 15) is 9.59 Å². The van der Waals surface area contributed by atoms with E-state index in [0.29, 0.717) is 5.13 Å². The monoisotopic (exact) mass is 459 g/mol. The lowest BCUT2D eigenvalue weighted by molar-refractivity contribution is -0.132. The number of aromatic nitrogens is 2. The van der Waals surface area contributed by atoms with Gasteiger partial charge >= 0.3 is 0 Å². The lowest BCUT2D eigenvalue weighted by atomic mass is 10.2. The quantitative estimate of drug-likeness (QED) is 0.457. The topological polar surface area (TPSA) is 78.4 Å². The fourth-order valence-corrected chi connectivity index (χ4v) is 5.39. The molecule has 1 aromatic heterocycles. The first-order valence-corrected chi connectivity index (χ1v) is 12.8. The van der Waals surface area contributed by atoms with Crippen molar-refractivity contribution in [2.24, 2.45) is 5.92 Å². The first-order chi connectivity index (χ1) is 15.2. The Morgan fingerprint density at radius 1 is 1.06 bits per heavy atom. The molecule has 9 heteroatoms. The molecule has 31 heavy (non-hydrogen) atoms. The lowest BCUT2D eigenvalue weighted by Gasteiger charge is -2.21. The van der Waals surface area contributed by atoms with E-state index in [4.69, 9.17) is 0 Å². The van der Waals surface area contributed by atoms with Crippen LogP contribution in [0.1, 0.15) is 37.7 Å². The Bertz CT molecular complexity index is 872. The number of nitrogens with zero attached hydrogens (tertiary/aromatic N) is 4. The molecule has 2 aromatic rings. The number of thioether (sulfide) groups is 1. The normalized spacial score (nSPS) is 17.4. The second-order valence-corrected chi connectivity index (χ2v) is 10.4. The molecule has 1 aliphatic heterocycles. The van der Waals surface area contributed by atoms with Gasteiger partial charge in [0.1, 0.15) is 0 Å². The first kappa shape index (κ1) is 22.2. The molecule has 2 aliphatic rings. The predicted octanol–water partition coefficient (Wildman–Crippen LogP) is 3.49. The van der Waals surface area contributed by atoms with Crippen LogP contribution in [0.2, 0.25) is 0 Å². The molecular formula is C22H29N5O2S2. The Morgan fingerprint density at radius 2 is 1.90 bits per heavy atom. The molecule has 1 aliphatic carbocycles. The van der Waals surface area contributed by atoms with Crippen LogP contribution >= 0.6 is 23.1 Å². The highest BCUT2D eigenvalue weighted by Crippen LogP contribution is 2.30. The Kier molecular flexibility index (Phi) is 7.93. The van der Waals surface area contributed by atoms with Crippen molar-refractivity contribution in [2.75, 3.05) is 38.0 Å². The largest absolute Gasteiger partial charge is 0.341 e. The predicted molar refractivity (Wildman–Crippen MR) is 124 cm³/mol. The van der Waals surface area contributed by atoms with Crippen molar-refractivity contribution in [1.82, 2.24) is 20.0 Å². The standard InChI is InChI=1S/C22H29N5O2S2/c28-19(23-21-24-25-22(31-21)30-16-18-5-2-1-3-6-18)9-10-20(29)27-12-4-11-26(13-14-27)15-17-7-8-17/h1-3,5-6,17H,4,7-16H2,(H,23,24,28). The van der Waals surface area contributed by atoms with Gasteiger partial charge in [-0.1, -0.05) is 53.4 Å². The number of benzene rings is 1. The Morgan fingerprint density at radius 3 is 2.71 bits per heavy atom. The molecule has 1 saturated carbocycles. The van der Waals surface area contributed by atoms with Gasteiger partial charge in [0.2, 0.25) is 16.9 Å². The van der Waals surface area contributed by atoms with E-state index in [0.717, 1.165) is 48.6 Å². The van der Waals surface area contributed by atoms with Crippen LogP contribution in [0.5, 0.6) is 0 Å². The van der Waals surface area contributed by atoms with Crippen molar-refractivity contribution in [1.29, 1.82) is 0 Å². The summed E-state index contributed by atoms with van der Waals surface area (Å²) in [5, 5.41) is 11.4. The fraction of sp³-hybridized carbons (Fsp3) is 0.545. The Labute approximate surface area is 191 Å². The average Bonchev–Trinajstić information content (AvgIpc) is 3.54. The number of rotatable bonds is 9. The second-order valence-electron chi connectivity index (χ2n) is 8.17. The Balaban J connectivity index is 1.16. The number of amides is 2. The minimum atomic E-state index is -0.186. The number of hydrogen-bond donors (Lipinski definition) is 1. The molecule has 4 rings (SSSR count). The highest BCUT2D eigenvalue weighted by Gasteiger charge is 2.26. The van der Waals surface area contributed by atoms with Crippen molar-refractivity contribution in [3.8, 4) is 0 Å². The van der Waals surface area contributed by atoms with E-state index in [-0.39, 0.29) is 24.7 Å². The molecule has 7 nitrogen and oxygen atoms in total. The smallest absolute Gasteiger partial charge is 0.226 e. The SMILES string of the molecule is O=C(CCC(=O)N1CCCN(CC2CC2)CC1)Nc1nnc(SCc2ccccc2)s1. The molecule has 0 spiro atoms. The van der Waals surface area contributed by atoms with Gasteiger partial charge in [0.25, 0.3) is 0 Å². The van der Waals surface area contributed by atoms with Crippen molar-refractivity contribution >= 4 is 40.0 Å². The zero-order chi connectivity index (χ0) is 21.5. The minimum Gasteiger partial charge on any atom is -0.341 e. The molecule has 0 unspecified atom stereocenters. The summed E-state index contributed by atoms with van der Waals surface area (Å²) < 4.78 is 0.815. The van der Waals surface area contributed by atoms with Crippen LogP contribution in [0.25, 0.3) is 0 Å². The fourth-order valence-electron chi connectivity index (χ4n) is 3.67. The number of nitrogens with one attached hydrogen (secondary N) is 1. The van der Waals surface area contributed by atoms with Crippen molar-refractivity contribution in [2.45, 2.75) is 42.2 Å². The molecule has 2 amide bonds. The molecule has 2 heterocycles. The molecule has 1 aromatic carbocycles. The van der Waals surface area contributed by atoms with Crippen LogP contribution in [0.15, 0.2) is 34.7 Å². The van der Waals surface area contributed by atoms with E-state index in [1.54, 1.807) is 11.8 Å². The summed E-state index contributed by atoms with van der Waals surface area (Å²) in [5.41, 5.74) is 1.22. The maximum Gasteiger partial charge on any atom is 0.226 e. The summed E-state index contributed by atoms with van der Waals surface area (Å²) >= 11 is 2.96. The highest BCUT2D eigenvalue weighted by molar-refractivity contribution is 8.00. The van der Waals surface area contributed by atoms with Gasteiger partial charge in [-0.05, 0) is 37.3 Å². The molecule has 166 valence electrons. The summed E-state index contributed by atoms with van der Waals surface area (Å²) in [5.74, 6) is 1.57. The van der Waals surface area contributed by atoms with Gasteiger partial charge in [-0.25, -0.2) is 0 Å². The van der Waals surface area contributed by atoms with E-state index >= 15 is 0 Å². The lowest BCUT2D eigenvalue weighted by Crippen LogP contribution is -2.36. The third-order valence-corrected chi connectivity index (χ3v) is 7.62. The van der Waals surface area contributed by atoms with E-state index in [1.807, 2.05) is 23.1 Å². The van der Waals surface area contributed by atoms with Gasteiger partial charge in [0, 0.05) is 44.8 Å². The number of carbonyl (C=O) groups excluding carboxylic acids is 2. The van der Waals surface area contributed by atoms with Crippen LogP contribution in [0.3, 0.4) is 0 Å². The zero-order valence-corrected chi connectivity index (χ0v) is 19.3. The Hall–Kier alpha value is -1.97. The maximum absolute atomic E-state index is 12.6. The van der Waals surface area contributed by atoms with Crippen LogP contribution < -0.4 is 5.32 Å². The van der Waals surface area contributed by atoms with Gasteiger partial charge < -0.3 is 15.1 Å². The molecule has 0 radical (unpaired) electrons. The maximum atomic E-state index is 12.6. The van der Waals surface area contributed by atoms with Crippen LogP contribution in [0.4, 0.5) is 5.13 Å². The van der Waals surface area contributed by atoms with Crippen LogP contribution in [-0.4, -0.2) is 64.5 Å². The third kappa shape index (κ3) is 7.29. The number of carbonyl (C=O) groups is 2. The molecule has 0 atom stereocenters. The number of hydrogen-bond acceptors (Lipinski definition) is 7. The second kappa shape index (κ2) is 11.1. The minimum absolute atomic E-state index is 0.0693. The average molecular weight is 460 g/mol. The van der Waals surface area contributed by atoms with Gasteiger partial charge in [-0.2, -0.15) is 0 Å². The van der Waals surface area contributed by atoms with E-state index < -0.39 is 0 Å². The van der Waals surface area contributed by atoms with E-state index in [2.05, 4.69) is 32.5 Å². The van der Waals surface area contributed by atoms with Gasteiger partial charge in [-0.15, -0.1) is 10.2 Å². The summed E-state index contributed by atoms with van der Waals surface area (Å²) in [7, 11) is 0. The summed E-state index contributed by atoms with van der Waals surface area (Å²) in [6, 6.07) is 10.2. The third-order valence-electron chi connectivity index (χ3n) is 5.58. The molecule has 1 saturated heterocycles. The zero-order valence-electron chi connectivity index (χ0n) is 17.7. The van der Waals surface area contributed by atoms with Gasteiger partial charge in [-0.3, -0.25) is 9.59 Å². The van der Waals surface area contributed by atoms with Gasteiger partial charge in [0.15, 0.2) is 4.34 Å². The van der Waals surface area contributed by atoms with Crippen molar-refractivity contribution in [3.05, 3.63) is 35.9 Å². The molecule has 1 N–H and O–H groups in total. The first-order valence-electron chi connectivity index (χ1n) is 11.0. The van der Waals surface area contributed by atoms with Crippen molar-refractivity contribution < 1.29 is 9.59 Å². The molecule has 0 bridgehead atoms. The molecular weight excluding hydrogens is 430 g/mol. The summed E-state index contributed by atoms with van der Waals surface area (Å²) in [6.45, 7) is 4.76. The van der Waals surface area contributed by atoms with Gasteiger partial charge in [0.05, 0.1) is 0 Å². The molecule has 2 fully saturated rings. The van der Waals surface area contributed by atoms with Crippen LogP contribution in [0, 0.1) is 5.92 Å². The number of anilines is 1. The highest BCUT2D eigenvalue weighted by atomic mass is 32.2. The van der Waals surface area contributed by atoms with Crippen LogP contribution in [-0.2, 0) is 15.3 Å². The van der Waals surface area contributed by atoms with Crippen molar-refractivity contribution in [3.63, 3.8) is 0 Å². The summed E-state index contributed by atoms with van der Waals surface area (Å²) in [4.78, 5) is 29.3.